The number of nitrogens with one attached hydrogen (secondary N) is 1. The molecule has 0 aliphatic carbocycles. The highest BCUT2D eigenvalue weighted by molar-refractivity contribution is 7.89. The standard InChI is InChI=1S/C21H23N3O4S/c1-13-5-9-18(24-14(2)6-7-15(24)3)17(11-13)21(25)23-16-8-10-19(28-4)20(12-16)29(22,26)27/h5-12H,1-4H3,(H,23,25)(H2,22,26,27). The minimum Gasteiger partial charge on any atom is -0.495 e. The zero-order chi connectivity index (χ0) is 21.3. The van der Waals surface area contributed by atoms with E-state index in [1.165, 1.54) is 19.2 Å². The summed E-state index contributed by atoms with van der Waals surface area (Å²) in [5, 5.41) is 8.02. The summed E-state index contributed by atoms with van der Waals surface area (Å²) in [5.74, 6) is -0.248. The van der Waals surface area contributed by atoms with E-state index in [2.05, 4.69) is 5.32 Å². The first kappa shape index (κ1) is 20.6. The van der Waals surface area contributed by atoms with Crippen molar-refractivity contribution in [2.45, 2.75) is 25.7 Å². The van der Waals surface area contributed by atoms with Crippen molar-refractivity contribution < 1.29 is 17.9 Å². The van der Waals surface area contributed by atoms with Crippen molar-refractivity contribution in [1.82, 2.24) is 4.57 Å². The van der Waals surface area contributed by atoms with E-state index in [1.807, 2.05) is 49.6 Å². The Hall–Kier alpha value is -3.10. The van der Waals surface area contributed by atoms with Crippen molar-refractivity contribution >= 4 is 21.6 Å². The third-order valence-corrected chi connectivity index (χ3v) is 5.57. The number of nitrogens with two attached hydrogens (primary N) is 1. The largest absolute Gasteiger partial charge is 0.495 e. The van der Waals surface area contributed by atoms with Gasteiger partial charge in [0, 0.05) is 17.1 Å². The molecule has 0 fully saturated rings. The Morgan fingerprint density at radius 1 is 1.00 bits per heavy atom. The average Bonchev–Trinajstić information content (AvgIpc) is 2.99. The first-order valence-electron chi connectivity index (χ1n) is 8.90. The Morgan fingerprint density at radius 3 is 2.24 bits per heavy atom. The van der Waals surface area contributed by atoms with Gasteiger partial charge in [-0.05, 0) is 63.2 Å². The van der Waals surface area contributed by atoms with Crippen molar-refractivity contribution in [2.24, 2.45) is 5.14 Å². The maximum Gasteiger partial charge on any atom is 0.257 e. The number of anilines is 1. The first-order valence-corrected chi connectivity index (χ1v) is 10.4. The predicted octanol–water partition coefficient (Wildman–Crippen LogP) is 3.31. The third-order valence-electron chi connectivity index (χ3n) is 4.64. The summed E-state index contributed by atoms with van der Waals surface area (Å²) in [4.78, 5) is 12.9. The summed E-state index contributed by atoms with van der Waals surface area (Å²) in [6.07, 6.45) is 0. The van der Waals surface area contributed by atoms with Gasteiger partial charge in [-0.2, -0.15) is 0 Å². The number of aromatic nitrogens is 1. The monoisotopic (exact) mass is 413 g/mol. The second-order valence-corrected chi connectivity index (χ2v) is 8.37. The minimum atomic E-state index is -4.01. The number of hydrogen-bond acceptors (Lipinski definition) is 4. The first-order chi connectivity index (χ1) is 13.6. The van der Waals surface area contributed by atoms with Crippen molar-refractivity contribution in [3.63, 3.8) is 0 Å². The molecule has 0 radical (unpaired) electrons. The van der Waals surface area contributed by atoms with Crippen LogP contribution in [0.4, 0.5) is 5.69 Å². The van der Waals surface area contributed by atoms with Crippen LogP contribution < -0.4 is 15.2 Å². The fourth-order valence-corrected chi connectivity index (χ4v) is 3.97. The number of benzene rings is 2. The molecule has 1 amide bonds. The van der Waals surface area contributed by atoms with Gasteiger partial charge in [-0.15, -0.1) is 0 Å². The molecule has 1 heterocycles. The number of primary sulfonamides is 1. The van der Waals surface area contributed by atoms with E-state index in [-0.39, 0.29) is 16.6 Å². The van der Waals surface area contributed by atoms with Crippen LogP contribution >= 0.6 is 0 Å². The topological polar surface area (TPSA) is 103 Å². The third kappa shape index (κ3) is 4.18. The lowest BCUT2D eigenvalue weighted by molar-refractivity contribution is 0.102. The highest BCUT2D eigenvalue weighted by Gasteiger charge is 2.19. The molecule has 2 aromatic carbocycles. The zero-order valence-electron chi connectivity index (χ0n) is 16.7. The number of sulfonamides is 1. The molecule has 0 bridgehead atoms. The zero-order valence-corrected chi connectivity index (χ0v) is 17.5. The van der Waals surface area contributed by atoms with Crippen LogP contribution in [0.25, 0.3) is 5.69 Å². The number of carbonyl (C=O) groups is 1. The number of rotatable bonds is 5. The Balaban J connectivity index is 2.04. The van der Waals surface area contributed by atoms with Crippen molar-refractivity contribution in [3.05, 3.63) is 71.0 Å². The second kappa shape index (κ2) is 7.73. The molecule has 0 spiro atoms. The molecule has 3 rings (SSSR count). The molecule has 0 unspecified atom stereocenters. The molecular formula is C21H23N3O4S. The van der Waals surface area contributed by atoms with Gasteiger partial charge in [-0.3, -0.25) is 4.79 Å². The van der Waals surface area contributed by atoms with E-state index in [1.54, 1.807) is 12.1 Å². The molecule has 3 aromatic rings. The van der Waals surface area contributed by atoms with E-state index < -0.39 is 10.0 Å². The molecule has 8 heteroatoms. The fourth-order valence-electron chi connectivity index (χ4n) is 3.25. The number of aryl methyl sites for hydroxylation is 3. The van der Waals surface area contributed by atoms with Gasteiger partial charge in [0.15, 0.2) is 0 Å². The minimum absolute atomic E-state index is 0.111. The molecule has 1 aromatic heterocycles. The lowest BCUT2D eigenvalue weighted by atomic mass is 10.1. The van der Waals surface area contributed by atoms with Crippen molar-refractivity contribution in [3.8, 4) is 11.4 Å². The van der Waals surface area contributed by atoms with E-state index in [9.17, 15) is 13.2 Å². The van der Waals surface area contributed by atoms with E-state index in [4.69, 9.17) is 9.88 Å². The molecule has 0 atom stereocenters. The Labute approximate surface area is 170 Å². The molecule has 0 saturated carbocycles. The summed E-state index contributed by atoms with van der Waals surface area (Å²) in [6.45, 7) is 5.84. The maximum atomic E-state index is 13.1. The number of ether oxygens (including phenoxy) is 1. The lowest BCUT2D eigenvalue weighted by Crippen LogP contribution is -2.18. The van der Waals surface area contributed by atoms with Crippen LogP contribution in [0, 0.1) is 20.8 Å². The molecule has 3 N–H and O–H groups in total. The smallest absolute Gasteiger partial charge is 0.257 e. The van der Waals surface area contributed by atoms with E-state index in [0.29, 0.717) is 11.3 Å². The van der Waals surface area contributed by atoms with Crippen LogP contribution in [0.2, 0.25) is 0 Å². The number of amides is 1. The number of hydrogen-bond donors (Lipinski definition) is 2. The highest BCUT2D eigenvalue weighted by atomic mass is 32.2. The highest BCUT2D eigenvalue weighted by Crippen LogP contribution is 2.27. The number of nitrogens with zero attached hydrogens (tertiary/aromatic N) is 1. The normalized spacial score (nSPS) is 11.3. The summed E-state index contributed by atoms with van der Waals surface area (Å²) in [5.41, 5.74) is 4.45. The molecular weight excluding hydrogens is 390 g/mol. The second-order valence-electron chi connectivity index (χ2n) is 6.84. The molecule has 0 aliphatic rings. The van der Waals surface area contributed by atoms with Gasteiger partial charge in [0.05, 0.1) is 18.4 Å². The quantitative estimate of drug-likeness (QED) is 0.670. The van der Waals surface area contributed by atoms with Crippen LogP contribution in [0.15, 0.2) is 53.4 Å². The van der Waals surface area contributed by atoms with Crippen molar-refractivity contribution in [1.29, 1.82) is 0 Å². The molecule has 7 nitrogen and oxygen atoms in total. The SMILES string of the molecule is COc1ccc(NC(=O)c2cc(C)ccc2-n2c(C)ccc2C)cc1S(N)(=O)=O. The lowest BCUT2D eigenvalue weighted by Gasteiger charge is -2.16. The van der Waals surface area contributed by atoms with Gasteiger partial charge >= 0.3 is 0 Å². The van der Waals surface area contributed by atoms with Crippen LogP contribution in [0.5, 0.6) is 5.75 Å². The van der Waals surface area contributed by atoms with Crippen LogP contribution in [0.1, 0.15) is 27.3 Å². The van der Waals surface area contributed by atoms with Crippen molar-refractivity contribution in [2.75, 3.05) is 12.4 Å². The summed E-state index contributed by atoms with van der Waals surface area (Å²) in [6, 6.07) is 13.9. The predicted molar refractivity (Wildman–Crippen MR) is 112 cm³/mol. The van der Waals surface area contributed by atoms with Gasteiger partial charge in [0.1, 0.15) is 10.6 Å². The van der Waals surface area contributed by atoms with Gasteiger partial charge in [-0.1, -0.05) is 11.6 Å². The molecule has 0 aliphatic heterocycles. The van der Waals surface area contributed by atoms with E-state index >= 15 is 0 Å². The summed E-state index contributed by atoms with van der Waals surface area (Å²) >= 11 is 0. The molecule has 152 valence electrons. The molecule has 29 heavy (non-hydrogen) atoms. The van der Waals surface area contributed by atoms with Gasteiger partial charge in [0.25, 0.3) is 5.91 Å². The van der Waals surface area contributed by atoms with Gasteiger partial charge < -0.3 is 14.6 Å². The Morgan fingerprint density at radius 2 is 1.66 bits per heavy atom. The summed E-state index contributed by atoms with van der Waals surface area (Å²) < 4.78 is 30.7. The number of carbonyl (C=O) groups excluding carboxylic acids is 1. The van der Waals surface area contributed by atoms with Crippen LogP contribution in [0.3, 0.4) is 0 Å². The maximum absolute atomic E-state index is 13.1. The van der Waals surface area contributed by atoms with Gasteiger partial charge in [-0.25, -0.2) is 13.6 Å². The number of methoxy groups -OCH3 is 1. The Bertz CT molecular complexity index is 1180. The molecule has 0 saturated heterocycles. The van der Waals surface area contributed by atoms with Gasteiger partial charge in [0.2, 0.25) is 10.0 Å². The van der Waals surface area contributed by atoms with Crippen LogP contribution in [-0.2, 0) is 10.0 Å². The fraction of sp³-hybridized carbons (Fsp3) is 0.190. The average molecular weight is 413 g/mol. The van der Waals surface area contributed by atoms with Crippen LogP contribution in [-0.4, -0.2) is 26.0 Å². The summed E-state index contributed by atoms with van der Waals surface area (Å²) in [7, 11) is -2.66. The Kier molecular flexibility index (Phi) is 5.50. The van der Waals surface area contributed by atoms with E-state index in [0.717, 1.165) is 22.6 Å².